The number of carbonyl (C=O) groups is 1. The van der Waals surface area contributed by atoms with Gasteiger partial charge in [-0.3, -0.25) is 4.79 Å². The number of benzene rings is 3. The molecule has 27 heavy (non-hydrogen) atoms. The van der Waals surface area contributed by atoms with Crippen LogP contribution in [0.25, 0.3) is 10.8 Å². The van der Waals surface area contributed by atoms with Gasteiger partial charge in [0, 0.05) is 25.2 Å². The van der Waals surface area contributed by atoms with Crippen molar-refractivity contribution in [3.8, 4) is 0 Å². The Morgan fingerprint density at radius 2 is 1.70 bits per heavy atom. The largest absolute Gasteiger partial charge is 0.312 e. The van der Waals surface area contributed by atoms with Gasteiger partial charge in [0.25, 0.3) is 0 Å². The fraction of sp³-hybridized carbons (Fsp3) is 0.190. The van der Waals surface area contributed by atoms with Gasteiger partial charge < -0.3 is 4.90 Å². The number of carbonyl (C=O) groups excluding carboxylic acids is 1. The lowest BCUT2D eigenvalue weighted by Gasteiger charge is -2.17. The quantitative estimate of drug-likeness (QED) is 0.740. The predicted molar refractivity (Wildman–Crippen MR) is 106 cm³/mol. The van der Waals surface area contributed by atoms with Gasteiger partial charge in [-0.2, -0.15) is 0 Å². The van der Waals surface area contributed by atoms with Crippen LogP contribution < -0.4 is 9.62 Å². The van der Waals surface area contributed by atoms with Crippen molar-refractivity contribution in [2.75, 3.05) is 18.0 Å². The molecule has 0 spiro atoms. The molecule has 6 heteroatoms. The predicted octanol–water partition coefficient (Wildman–Crippen LogP) is 3.10. The molecule has 3 aromatic rings. The molecule has 138 valence electrons. The summed E-state index contributed by atoms with van der Waals surface area (Å²) in [6, 6.07) is 20.4. The van der Waals surface area contributed by atoms with Crippen LogP contribution in [0.15, 0.2) is 71.6 Å². The van der Waals surface area contributed by atoms with Crippen LogP contribution in [0.5, 0.6) is 0 Å². The van der Waals surface area contributed by atoms with E-state index in [1.54, 1.807) is 23.1 Å². The third-order valence-corrected chi connectivity index (χ3v) is 6.31. The number of amides is 1. The van der Waals surface area contributed by atoms with Crippen LogP contribution in [0.1, 0.15) is 12.0 Å². The van der Waals surface area contributed by atoms with Crippen molar-refractivity contribution in [3.63, 3.8) is 0 Å². The maximum absolute atomic E-state index is 12.5. The molecular formula is C21H20N2O3S. The third-order valence-electron chi connectivity index (χ3n) is 4.85. The highest BCUT2D eigenvalue weighted by Crippen LogP contribution is 2.27. The maximum atomic E-state index is 12.5. The smallest absolute Gasteiger partial charge is 0.240 e. The van der Waals surface area contributed by atoms with Gasteiger partial charge in [0.15, 0.2) is 0 Å². The summed E-state index contributed by atoms with van der Waals surface area (Å²) >= 11 is 0. The van der Waals surface area contributed by atoms with E-state index in [4.69, 9.17) is 0 Å². The summed E-state index contributed by atoms with van der Waals surface area (Å²) in [5.74, 6) is -0.0684. The lowest BCUT2D eigenvalue weighted by Crippen LogP contribution is -2.33. The Balaban J connectivity index is 1.41. The van der Waals surface area contributed by atoms with Gasteiger partial charge in [-0.05, 0) is 41.0 Å². The molecule has 0 aromatic heterocycles. The minimum Gasteiger partial charge on any atom is -0.312 e. The van der Waals surface area contributed by atoms with E-state index in [9.17, 15) is 13.2 Å². The Morgan fingerprint density at radius 1 is 0.963 bits per heavy atom. The van der Waals surface area contributed by atoms with Crippen LogP contribution in [-0.2, 0) is 21.2 Å². The van der Waals surface area contributed by atoms with Crippen molar-refractivity contribution in [2.24, 2.45) is 0 Å². The summed E-state index contributed by atoms with van der Waals surface area (Å²) in [7, 11) is -3.65. The van der Waals surface area contributed by atoms with Gasteiger partial charge in [-0.25, -0.2) is 13.1 Å². The van der Waals surface area contributed by atoms with Crippen molar-refractivity contribution >= 4 is 32.4 Å². The summed E-state index contributed by atoms with van der Waals surface area (Å²) in [6.07, 6.45) is 0.964. The minimum absolute atomic E-state index is 0.0684. The van der Waals surface area contributed by atoms with E-state index in [1.165, 1.54) is 0 Å². The molecule has 1 aliphatic heterocycles. The molecule has 1 aliphatic rings. The van der Waals surface area contributed by atoms with E-state index in [0.717, 1.165) is 28.4 Å². The molecule has 1 amide bonds. The van der Waals surface area contributed by atoms with Crippen LogP contribution in [-0.4, -0.2) is 27.4 Å². The van der Waals surface area contributed by atoms with E-state index < -0.39 is 10.0 Å². The summed E-state index contributed by atoms with van der Waals surface area (Å²) in [5.41, 5.74) is 2.09. The third kappa shape index (κ3) is 3.59. The number of sulfonamides is 1. The molecule has 0 unspecified atom stereocenters. The zero-order valence-corrected chi connectivity index (χ0v) is 15.6. The standard InChI is InChI=1S/C21H20N2O3S/c24-21(23-14-12-17-6-3-4-8-20(17)23)11-13-22-27(25,26)19-10-9-16-5-1-2-7-18(16)15-19/h1-10,15,22H,11-14H2. The average Bonchev–Trinajstić information content (AvgIpc) is 3.11. The number of fused-ring (bicyclic) bond motifs is 2. The molecule has 0 saturated carbocycles. The van der Waals surface area contributed by atoms with Gasteiger partial charge in [-0.15, -0.1) is 0 Å². The molecule has 1 heterocycles. The maximum Gasteiger partial charge on any atom is 0.240 e. The second kappa shape index (κ2) is 7.13. The van der Waals surface area contributed by atoms with Gasteiger partial charge in [0.2, 0.25) is 15.9 Å². The zero-order chi connectivity index (χ0) is 18.9. The van der Waals surface area contributed by atoms with Crippen molar-refractivity contribution < 1.29 is 13.2 Å². The van der Waals surface area contributed by atoms with Crippen LogP contribution in [0.4, 0.5) is 5.69 Å². The van der Waals surface area contributed by atoms with E-state index in [-0.39, 0.29) is 23.8 Å². The van der Waals surface area contributed by atoms with Crippen molar-refractivity contribution in [2.45, 2.75) is 17.7 Å². The molecule has 4 rings (SSSR count). The summed E-state index contributed by atoms with van der Waals surface area (Å²) in [4.78, 5) is 14.4. The first-order valence-electron chi connectivity index (χ1n) is 8.91. The Bertz CT molecular complexity index is 1110. The first-order valence-corrected chi connectivity index (χ1v) is 10.4. The molecule has 1 N–H and O–H groups in total. The summed E-state index contributed by atoms with van der Waals surface area (Å²) < 4.78 is 27.6. The first kappa shape index (κ1) is 17.7. The van der Waals surface area contributed by atoms with E-state index in [1.807, 2.05) is 48.5 Å². The van der Waals surface area contributed by atoms with Crippen LogP contribution >= 0.6 is 0 Å². The zero-order valence-electron chi connectivity index (χ0n) is 14.8. The monoisotopic (exact) mass is 380 g/mol. The molecule has 5 nitrogen and oxygen atoms in total. The number of hydrogen-bond donors (Lipinski definition) is 1. The fourth-order valence-electron chi connectivity index (χ4n) is 3.44. The Labute approximate surface area is 158 Å². The molecule has 0 atom stereocenters. The van der Waals surface area contributed by atoms with Crippen LogP contribution in [0, 0.1) is 0 Å². The highest BCUT2D eigenvalue weighted by molar-refractivity contribution is 7.89. The number of nitrogens with zero attached hydrogens (tertiary/aromatic N) is 1. The number of nitrogens with one attached hydrogen (secondary N) is 1. The lowest BCUT2D eigenvalue weighted by atomic mass is 10.1. The molecule has 0 fully saturated rings. The second-order valence-corrected chi connectivity index (χ2v) is 8.35. The molecule has 0 radical (unpaired) electrons. The number of hydrogen-bond acceptors (Lipinski definition) is 3. The molecule has 0 saturated heterocycles. The molecule has 0 aliphatic carbocycles. The SMILES string of the molecule is O=C(CCNS(=O)(=O)c1ccc2ccccc2c1)N1CCc2ccccc21. The molecular weight excluding hydrogens is 360 g/mol. The van der Waals surface area contributed by atoms with Crippen molar-refractivity contribution in [1.29, 1.82) is 0 Å². The van der Waals surface area contributed by atoms with E-state index in [2.05, 4.69) is 4.72 Å². The Kier molecular flexibility index (Phi) is 4.68. The highest BCUT2D eigenvalue weighted by Gasteiger charge is 2.24. The topological polar surface area (TPSA) is 66.5 Å². The van der Waals surface area contributed by atoms with Gasteiger partial charge >= 0.3 is 0 Å². The summed E-state index contributed by atoms with van der Waals surface area (Å²) in [5, 5.41) is 1.85. The van der Waals surface area contributed by atoms with E-state index in [0.29, 0.717) is 6.54 Å². The molecule has 3 aromatic carbocycles. The van der Waals surface area contributed by atoms with Crippen molar-refractivity contribution in [1.82, 2.24) is 4.72 Å². The highest BCUT2D eigenvalue weighted by atomic mass is 32.2. The molecule has 0 bridgehead atoms. The number of para-hydroxylation sites is 1. The first-order chi connectivity index (χ1) is 13.0. The van der Waals surface area contributed by atoms with Gasteiger partial charge in [-0.1, -0.05) is 48.5 Å². The lowest BCUT2D eigenvalue weighted by molar-refractivity contribution is -0.118. The fourth-order valence-corrected chi connectivity index (χ4v) is 4.51. The second-order valence-electron chi connectivity index (χ2n) is 6.58. The van der Waals surface area contributed by atoms with Crippen molar-refractivity contribution in [3.05, 3.63) is 72.3 Å². The Morgan fingerprint density at radius 3 is 2.56 bits per heavy atom. The van der Waals surface area contributed by atoms with Gasteiger partial charge in [0.1, 0.15) is 0 Å². The average molecular weight is 380 g/mol. The van der Waals surface area contributed by atoms with E-state index >= 15 is 0 Å². The normalized spacial score (nSPS) is 13.7. The van der Waals surface area contributed by atoms with Gasteiger partial charge in [0.05, 0.1) is 4.90 Å². The summed E-state index contributed by atoms with van der Waals surface area (Å²) in [6.45, 7) is 0.724. The number of anilines is 1. The minimum atomic E-state index is -3.65. The van der Waals surface area contributed by atoms with Crippen LogP contribution in [0.2, 0.25) is 0 Å². The Hall–Kier alpha value is -2.70. The van der Waals surface area contributed by atoms with Crippen LogP contribution in [0.3, 0.4) is 0 Å². The number of rotatable bonds is 5.